The fourth-order valence-electron chi connectivity index (χ4n) is 1.51. The summed E-state index contributed by atoms with van der Waals surface area (Å²) in [7, 11) is 1.74. The molecule has 0 radical (unpaired) electrons. The second-order valence-electron chi connectivity index (χ2n) is 3.44. The van der Waals surface area contributed by atoms with Crippen molar-refractivity contribution in [2.75, 3.05) is 30.9 Å². The van der Waals surface area contributed by atoms with Gasteiger partial charge < -0.3 is 14.7 Å². The number of hydrogen-bond acceptors (Lipinski definition) is 4. The zero-order chi connectivity index (χ0) is 11.5. The molecule has 5 heteroatoms. The standard InChI is InChI=1S/C11H13NO3S/c1-12-9-6-8(16-5-4-13)2-3-10(9)15-7-11(12)14/h2-3,6,13H,4-5,7H2,1H3. The number of anilines is 1. The summed E-state index contributed by atoms with van der Waals surface area (Å²) in [5.41, 5.74) is 0.791. The van der Waals surface area contributed by atoms with E-state index in [1.165, 1.54) is 0 Å². The van der Waals surface area contributed by atoms with E-state index in [9.17, 15) is 4.79 Å². The minimum atomic E-state index is -0.0446. The maximum absolute atomic E-state index is 11.4. The number of thioether (sulfide) groups is 1. The van der Waals surface area contributed by atoms with Gasteiger partial charge in [-0.2, -0.15) is 0 Å². The van der Waals surface area contributed by atoms with E-state index in [4.69, 9.17) is 9.84 Å². The number of carbonyl (C=O) groups is 1. The molecule has 1 amide bonds. The van der Waals surface area contributed by atoms with Gasteiger partial charge in [0.1, 0.15) is 5.75 Å². The first kappa shape index (κ1) is 11.3. The van der Waals surface area contributed by atoms with Crippen molar-refractivity contribution in [1.29, 1.82) is 0 Å². The van der Waals surface area contributed by atoms with Crippen LogP contribution in [0.1, 0.15) is 0 Å². The van der Waals surface area contributed by atoms with Crippen molar-refractivity contribution in [3.63, 3.8) is 0 Å². The van der Waals surface area contributed by atoms with Gasteiger partial charge >= 0.3 is 0 Å². The van der Waals surface area contributed by atoms with Crippen molar-refractivity contribution in [3.05, 3.63) is 18.2 Å². The van der Waals surface area contributed by atoms with Gasteiger partial charge in [0.2, 0.25) is 0 Å². The molecular weight excluding hydrogens is 226 g/mol. The van der Waals surface area contributed by atoms with Gasteiger partial charge in [0.05, 0.1) is 12.3 Å². The fraction of sp³-hybridized carbons (Fsp3) is 0.364. The molecule has 86 valence electrons. The van der Waals surface area contributed by atoms with Crippen LogP contribution in [0, 0.1) is 0 Å². The second-order valence-corrected chi connectivity index (χ2v) is 4.61. The first-order chi connectivity index (χ1) is 7.72. The highest BCUT2D eigenvalue weighted by molar-refractivity contribution is 7.99. The highest BCUT2D eigenvalue weighted by atomic mass is 32.2. The van der Waals surface area contributed by atoms with Gasteiger partial charge in [-0.3, -0.25) is 4.79 Å². The zero-order valence-electron chi connectivity index (χ0n) is 8.97. The molecule has 1 aliphatic heterocycles. The average molecular weight is 239 g/mol. The molecule has 0 aromatic heterocycles. The molecular formula is C11H13NO3S. The first-order valence-electron chi connectivity index (χ1n) is 4.99. The molecule has 0 bridgehead atoms. The number of amides is 1. The number of carbonyl (C=O) groups excluding carboxylic acids is 1. The van der Waals surface area contributed by atoms with E-state index in [2.05, 4.69) is 0 Å². The number of benzene rings is 1. The smallest absolute Gasteiger partial charge is 0.264 e. The average Bonchev–Trinajstić information content (AvgIpc) is 2.31. The third-order valence-corrected chi connectivity index (χ3v) is 3.35. The molecule has 0 aliphatic carbocycles. The van der Waals surface area contributed by atoms with E-state index < -0.39 is 0 Å². The molecule has 1 aromatic carbocycles. The monoisotopic (exact) mass is 239 g/mol. The van der Waals surface area contributed by atoms with Crippen molar-refractivity contribution in [3.8, 4) is 5.75 Å². The third-order valence-electron chi connectivity index (χ3n) is 2.38. The van der Waals surface area contributed by atoms with E-state index in [-0.39, 0.29) is 19.1 Å². The van der Waals surface area contributed by atoms with Crippen LogP contribution < -0.4 is 9.64 Å². The lowest BCUT2D eigenvalue weighted by Crippen LogP contribution is -2.35. The number of likely N-dealkylation sites (N-methyl/N-ethyl adjacent to an activating group) is 1. The van der Waals surface area contributed by atoms with Crippen LogP contribution in [0.5, 0.6) is 5.75 Å². The predicted octanol–water partition coefficient (Wildman–Crippen LogP) is 1.13. The van der Waals surface area contributed by atoms with Crippen LogP contribution in [0.4, 0.5) is 5.69 Å². The predicted molar refractivity (Wildman–Crippen MR) is 63.2 cm³/mol. The Morgan fingerprint density at radius 3 is 3.12 bits per heavy atom. The minimum absolute atomic E-state index is 0.0446. The molecule has 16 heavy (non-hydrogen) atoms. The topological polar surface area (TPSA) is 49.8 Å². The second kappa shape index (κ2) is 4.76. The molecule has 0 atom stereocenters. The lowest BCUT2D eigenvalue weighted by molar-refractivity contribution is -0.120. The summed E-state index contributed by atoms with van der Waals surface area (Å²) in [5.74, 6) is 1.34. The van der Waals surface area contributed by atoms with E-state index >= 15 is 0 Å². The number of ether oxygens (including phenoxy) is 1. The molecule has 4 nitrogen and oxygen atoms in total. The molecule has 1 aliphatic rings. The normalized spacial score (nSPS) is 14.6. The van der Waals surface area contributed by atoms with Gasteiger partial charge in [-0.15, -0.1) is 11.8 Å². The number of fused-ring (bicyclic) bond motifs is 1. The molecule has 1 heterocycles. The van der Waals surface area contributed by atoms with Crippen molar-refractivity contribution in [2.45, 2.75) is 4.90 Å². The molecule has 0 unspecified atom stereocenters. The van der Waals surface area contributed by atoms with Crippen molar-refractivity contribution < 1.29 is 14.6 Å². The van der Waals surface area contributed by atoms with Gasteiger partial charge in [-0.05, 0) is 18.2 Å². The van der Waals surface area contributed by atoms with Gasteiger partial charge in [-0.1, -0.05) is 0 Å². The van der Waals surface area contributed by atoms with Crippen molar-refractivity contribution in [2.24, 2.45) is 0 Å². The van der Waals surface area contributed by atoms with E-state index in [0.717, 1.165) is 16.3 Å². The van der Waals surface area contributed by atoms with Crippen LogP contribution in [0.3, 0.4) is 0 Å². The van der Waals surface area contributed by atoms with Gasteiger partial charge in [0.15, 0.2) is 6.61 Å². The molecule has 0 saturated heterocycles. The Kier molecular flexibility index (Phi) is 3.36. The molecule has 0 fully saturated rings. The van der Waals surface area contributed by atoms with Crippen LogP contribution in [0.2, 0.25) is 0 Å². The Hall–Kier alpha value is -1.20. The number of aliphatic hydroxyl groups excluding tert-OH is 1. The van der Waals surface area contributed by atoms with Gasteiger partial charge in [-0.25, -0.2) is 0 Å². The first-order valence-corrected chi connectivity index (χ1v) is 5.98. The molecule has 0 spiro atoms. The number of hydrogen-bond donors (Lipinski definition) is 1. The Morgan fingerprint density at radius 1 is 1.56 bits per heavy atom. The van der Waals surface area contributed by atoms with Crippen molar-refractivity contribution in [1.82, 2.24) is 0 Å². The summed E-state index contributed by atoms with van der Waals surface area (Å²) in [5, 5.41) is 8.75. The summed E-state index contributed by atoms with van der Waals surface area (Å²) >= 11 is 1.55. The Labute approximate surface area is 98.2 Å². The Balaban J connectivity index is 2.25. The third kappa shape index (κ3) is 2.15. The number of nitrogens with zero attached hydrogens (tertiary/aromatic N) is 1. The summed E-state index contributed by atoms with van der Waals surface area (Å²) in [6, 6.07) is 5.70. The summed E-state index contributed by atoms with van der Waals surface area (Å²) < 4.78 is 5.32. The van der Waals surface area contributed by atoms with Gasteiger partial charge in [0, 0.05) is 17.7 Å². The highest BCUT2D eigenvalue weighted by Crippen LogP contribution is 2.34. The SMILES string of the molecule is CN1C(=O)COc2ccc(SCCO)cc21. The molecule has 1 aromatic rings. The summed E-state index contributed by atoms with van der Waals surface area (Å²) in [6.45, 7) is 0.250. The Bertz CT molecular complexity index is 408. The van der Waals surface area contributed by atoms with Crippen LogP contribution in [0.25, 0.3) is 0 Å². The number of rotatable bonds is 3. The Morgan fingerprint density at radius 2 is 2.38 bits per heavy atom. The quantitative estimate of drug-likeness (QED) is 0.803. The van der Waals surface area contributed by atoms with Gasteiger partial charge in [0.25, 0.3) is 5.91 Å². The summed E-state index contributed by atoms with van der Waals surface area (Å²) in [6.07, 6.45) is 0. The molecule has 0 saturated carbocycles. The summed E-state index contributed by atoms with van der Waals surface area (Å²) in [4.78, 5) is 14.1. The maximum Gasteiger partial charge on any atom is 0.264 e. The lowest BCUT2D eigenvalue weighted by Gasteiger charge is -2.26. The molecule has 2 rings (SSSR count). The van der Waals surface area contributed by atoms with Crippen LogP contribution in [-0.2, 0) is 4.79 Å². The number of aliphatic hydroxyl groups is 1. The lowest BCUT2D eigenvalue weighted by atomic mass is 10.2. The van der Waals surface area contributed by atoms with E-state index in [1.807, 2.05) is 18.2 Å². The van der Waals surface area contributed by atoms with Crippen LogP contribution >= 0.6 is 11.8 Å². The fourth-order valence-corrected chi connectivity index (χ4v) is 2.19. The zero-order valence-corrected chi connectivity index (χ0v) is 9.79. The van der Waals surface area contributed by atoms with E-state index in [0.29, 0.717) is 5.75 Å². The van der Waals surface area contributed by atoms with Crippen LogP contribution in [-0.4, -0.2) is 37.0 Å². The largest absolute Gasteiger partial charge is 0.482 e. The minimum Gasteiger partial charge on any atom is -0.482 e. The van der Waals surface area contributed by atoms with Crippen molar-refractivity contribution >= 4 is 23.4 Å². The highest BCUT2D eigenvalue weighted by Gasteiger charge is 2.22. The van der Waals surface area contributed by atoms with E-state index in [1.54, 1.807) is 23.7 Å². The maximum atomic E-state index is 11.4. The molecule has 1 N–H and O–H groups in total. The van der Waals surface area contributed by atoms with Crippen LogP contribution in [0.15, 0.2) is 23.1 Å².